The molecule has 0 spiro atoms. The minimum atomic E-state index is 0.322. The Morgan fingerprint density at radius 3 is 2.83 bits per heavy atom. The Kier molecular flexibility index (Phi) is 4.28. The van der Waals surface area contributed by atoms with E-state index in [1.165, 1.54) is 5.56 Å². The molecule has 0 saturated carbocycles. The van der Waals surface area contributed by atoms with Crippen LogP contribution in [0.1, 0.15) is 23.9 Å². The maximum Gasteiger partial charge on any atom is 0.116 e. The third-order valence-electron chi connectivity index (χ3n) is 4.56. The number of piperidine rings is 1. The Morgan fingerprint density at radius 1 is 1.17 bits per heavy atom. The van der Waals surface area contributed by atoms with Crippen LogP contribution >= 0.6 is 11.6 Å². The zero-order valence-electron chi connectivity index (χ0n) is 13.1. The van der Waals surface area contributed by atoms with E-state index in [2.05, 4.69) is 43.4 Å². The van der Waals surface area contributed by atoms with Crippen LogP contribution in [0.15, 0.2) is 55.2 Å². The number of nitrogens with one attached hydrogen (secondary N) is 1. The lowest BCUT2D eigenvalue weighted by atomic mass is 9.87. The second-order valence-electron chi connectivity index (χ2n) is 6.02. The van der Waals surface area contributed by atoms with E-state index in [1.807, 2.05) is 24.4 Å². The summed E-state index contributed by atoms with van der Waals surface area (Å²) >= 11 is 6.03. The maximum absolute atomic E-state index is 6.03. The summed E-state index contributed by atoms with van der Waals surface area (Å²) in [7, 11) is 0. The van der Waals surface area contributed by atoms with Crippen LogP contribution in [-0.4, -0.2) is 32.8 Å². The Morgan fingerprint density at radius 2 is 2.04 bits per heavy atom. The molecule has 2 atom stereocenters. The van der Waals surface area contributed by atoms with Gasteiger partial charge in [-0.1, -0.05) is 23.7 Å². The highest BCUT2D eigenvalue weighted by molar-refractivity contribution is 6.30. The van der Waals surface area contributed by atoms with E-state index < -0.39 is 0 Å². The molecule has 0 aliphatic carbocycles. The topological polar surface area (TPSA) is 55.6 Å². The highest BCUT2D eigenvalue weighted by Gasteiger charge is 2.28. The van der Waals surface area contributed by atoms with Gasteiger partial charge < -0.3 is 5.32 Å². The molecule has 1 aliphatic heterocycles. The maximum atomic E-state index is 6.03. The molecule has 3 heterocycles. The largest absolute Gasteiger partial charge is 0.316 e. The SMILES string of the molecule is Clc1ccc(C2CNCCC2n2cc(-c3ccncn3)cn2)cc1. The molecular formula is C18H18ClN5. The summed E-state index contributed by atoms with van der Waals surface area (Å²) in [5.74, 6) is 0.370. The molecule has 2 aromatic heterocycles. The van der Waals surface area contributed by atoms with Crippen LogP contribution in [0, 0.1) is 0 Å². The third-order valence-corrected chi connectivity index (χ3v) is 4.81. The van der Waals surface area contributed by atoms with Crippen LogP contribution in [0.2, 0.25) is 5.02 Å². The van der Waals surface area contributed by atoms with E-state index in [0.29, 0.717) is 12.0 Å². The van der Waals surface area contributed by atoms with Crippen molar-refractivity contribution in [3.8, 4) is 11.3 Å². The summed E-state index contributed by atoms with van der Waals surface area (Å²) < 4.78 is 2.08. The van der Waals surface area contributed by atoms with E-state index in [4.69, 9.17) is 11.6 Å². The molecule has 122 valence electrons. The van der Waals surface area contributed by atoms with Crippen molar-refractivity contribution in [1.82, 2.24) is 25.1 Å². The normalized spacial score (nSPS) is 20.9. The third kappa shape index (κ3) is 3.05. The van der Waals surface area contributed by atoms with Gasteiger partial charge in [0.25, 0.3) is 0 Å². The van der Waals surface area contributed by atoms with Gasteiger partial charge in [0.2, 0.25) is 0 Å². The van der Waals surface area contributed by atoms with Crippen LogP contribution in [0.25, 0.3) is 11.3 Å². The molecule has 1 N–H and O–H groups in total. The van der Waals surface area contributed by atoms with Gasteiger partial charge >= 0.3 is 0 Å². The van der Waals surface area contributed by atoms with Crippen molar-refractivity contribution in [3.05, 3.63) is 65.8 Å². The van der Waals surface area contributed by atoms with Gasteiger partial charge in [-0.2, -0.15) is 5.10 Å². The first-order valence-electron chi connectivity index (χ1n) is 8.08. The molecule has 1 saturated heterocycles. The van der Waals surface area contributed by atoms with Crippen LogP contribution in [0.5, 0.6) is 0 Å². The molecular weight excluding hydrogens is 322 g/mol. The average Bonchev–Trinajstić information content (AvgIpc) is 3.13. The lowest BCUT2D eigenvalue weighted by molar-refractivity contribution is 0.300. The summed E-state index contributed by atoms with van der Waals surface area (Å²) in [5.41, 5.74) is 3.20. The van der Waals surface area contributed by atoms with Crippen molar-refractivity contribution < 1.29 is 0 Å². The second-order valence-corrected chi connectivity index (χ2v) is 6.46. The number of rotatable bonds is 3. The number of hydrogen-bond donors (Lipinski definition) is 1. The van der Waals surface area contributed by atoms with E-state index >= 15 is 0 Å². The predicted molar refractivity (Wildman–Crippen MR) is 94.0 cm³/mol. The zero-order chi connectivity index (χ0) is 16.4. The molecule has 2 unspecified atom stereocenters. The summed E-state index contributed by atoms with van der Waals surface area (Å²) in [6.07, 6.45) is 8.32. The van der Waals surface area contributed by atoms with Crippen LogP contribution < -0.4 is 5.32 Å². The fourth-order valence-corrected chi connectivity index (χ4v) is 3.45. The molecule has 6 heteroatoms. The molecule has 3 aromatic rings. The second kappa shape index (κ2) is 6.71. The summed E-state index contributed by atoms with van der Waals surface area (Å²) in [6.45, 7) is 1.94. The van der Waals surface area contributed by atoms with E-state index in [0.717, 1.165) is 35.8 Å². The number of hydrogen-bond acceptors (Lipinski definition) is 4. The minimum Gasteiger partial charge on any atom is -0.316 e. The molecule has 5 nitrogen and oxygen atoms in total. The first kappa shape index (κ1) is 15.3. The predicted octanol–water partition coefficient (Wildman–Crippen LogP) is 3.31. The van der Waals surface area contributed by atoms with Crippen molar-refractivity contribution in [1.29, 1.82) is 0 Å². The van der Waals surface area contributed by atoms with Gasteiger partial charge in [0.05, 0.1) is 17.9 Å². The number of nitrogens with zero attached hydrogens (tertiary/aromatic N) is 4. The van der Waals surface area contributed by atoms with Crippen LogP contribution in [0.4, 0.5) is 0 Å². The van der Waals surface area contributed by atoms with Gasteiger partial charge in [0.1, 0.15) is 6.33 Å². The molecule has 0 bridgehead atoms. The highest BCUT2D eigenvalue weighted by atomic mass is 35.5. The van der Waals surface area contributed by atoms with Gasteiger partial charge in [0, 0.05) is 35.4 Å². The summed E-state index contributed by atoms with van der Waals surface area (Å²) in [4.78, 5) is 8.27. The zero-order valence-corrected chi connectivity index (χ0v) is 13.9. The fraction of sp³-hybridized carbons (Fsp3) is 0.278. The monoisotopic (exact) mass is 339 g/mol. The van der Waals surface area contributed by atoms with E-state index in [9.17, 15) is 0 Å². The van der Waals surface area contributed by atoms with Crippen molar-refractivity contribution in [2.75, 3.05) is 13.1 Å². The molecule has 1 fully saturated rings. The molecule has 0 radical (unpaired) electrons. The Labute approximate surface area is 145 Å². The van der Waals surface area contributed by atoms with Crippen molar-refractivity contribution in [2.45, 2.75) is 18.4 Å². The molecule has 1 aliphatic rings. The summed E-state index contributed by atoms with van der Waals surface area (Å²) in [5, 5.41) is 8.87. The first-order chi connectivity index (χ1) is 11.8. The van der Waals surface area contributed by atoms with Crippen molar-refractivity contribution in [3.63, 3.8) is 0 Å². The van der Waals surface area contributed by atoms with Gasteiger partial charge in [0.15, 0.2) is 0 Å². The molecule has 24 heavy (non-hydrogen) atoms. The van der Waals surface area contributed by atoms with Crippen molar-refractivity contribution in [2.24, 2.45) is 0 Å². The Hall–Kier alpha value is -2.24. The highest BCUT2D eigenvalue weighted by Crippen LogP contribution is 2.34. The Bertz CT molecular complexity index is 800. The van der Waals surface area contributed by atoms with Crippen LogP contribution in [0.3, 0.4) is 0 Å². The van der Waals surface area contributed by atoms with Gasteiger partial charge in [-0.25, -0.2) is 9.97 Å². The molecule has 1 aromatic carbocycles. The minimum absolute atomic E-state index is 0.322. The molecule has 0 amide bonds. The molecule has 4 rings (SSSR count). The fourth-order valence-electron chi connectivity index (χ4n) is 3.32. The smallest absolute Gasteiger partial charge is 0.116 e. The standard InChI is InChI=1S/C18H18ClN5/c19-15-3-1-13(2-4-15)16-10-20-8-6-18(16)24-11-14(9-23-24)17-5-7-21-12-22-17/h1-5,7,9,11-12,16,18,20H,6,8,10H2. The van der Waals surface area contributed by atoms with Crippen molar-refractivity contribution >= 4 is 11.6 Å². The van der Waals surface area contributed by atoms with Crippen LogP contribution in [-0.2, 0) is 0 Å². The quantitative estimate of drug-likeness (QED) is 0.795. The number of halogens is 1. The van der Waals surface area contributed by atoms with Gasteiger partial charge in [-0.3, -0.25) is 4.68 Å². The van der Waals surface area contributed by atoms with Gasteiger partial charge in [-0.15, -0.1) is 0 Å². The van der Waals surface area contributed by atoms with Gasteiger partial charge in [-0.05, 0) is 36.7 Å². The summed E-state index contributed by atoms with van der Waals surface area (Å²) in [6, 6.07) is 10.4. The van der Waals surface area contributed by atoms with E-state index in [-0.39, 0.29) is 0 Å². The Balaban J connectivity index is 1.64. The number of benzene rings is 1. The lowest BCUT2D eigenvalue weighted by Crippen LogP contribution is -2.36. The lowest BCUT2D eigenvalue weighted by Gasteiger charge is -2.32. The van der Waals surface area contributed by atoms with E-state index in [1.54, 1.807) is 12.5 Å². The average molecular weight is 340 g/mol. The first-order valence-corrected chi connectivity index (χ1v) is 8.46. The number of aromatic nitrogens is 4.